The molecule has 2 rings (SSSR count). The molecule has 0 heterocycles. The van der Waals surface area contributed by atoms with Gasteiger partial charge in [0.2, 0.25) is 0 Å². The van der Waals surface area contributed by atoms with Crippen LogP contribution in [-0.2, 0) is 0 Å². The predicted octanol–water partition coefficient (Wildman–Crippen LogP) is 3.83. The summed E-state index contributed by atoms with van der Waals surface area (Å²) in [7, 11) is 0. The lowest BCUT2D eigenvalue weighted by atomic mass is 10.2. The molecule has 0 saturated carbocycles. The van der Waals surface area contributed by atoms with E-state index in [9.17, 15) is 13.2 Å². The Morgan fingerprint density at radius 3 is 2.40 bits per heavy atom. The zero-order valence-corrected chi connectivity index (χ0v) is 10.7. The number of nitrogen functional groups attached to an aromatic ring is 1. The largest absolute Gasteiger partial charge is 0.494 e. The van der Waals surface area contributed by atoms with E-state index in [0.29, 0.717) is 29.8 Å². The van der Waals surface area contributed by atoms with E-state index in [-0.39, 0.29) is 5.69 Å². The first-order chi connectivity index (χ1) is 9.49. The first-order valence-corrected chi connectivity index (χ1v) is 5.94. The van der Waals surface area contributed by atoms with Crippen LogP contribution in [-0.4, -0.2) is 6.61 Å². The van der Waals surface area contributed by atoms with E-state index in [1.807, 2.05) is 6.92 Å². The minimum absolute atomic E-state index is 0.183. The number of nitrogens with one attached hydrogen (secondary N) is 1. The molecule has 3 N–H and O–H groups in total. The Morgan fingerprint density at radius 2 is 1.70 bits per heavy atom. The van der Waals surface area contributed by atoms with Crippen molar-refractivity contribution in [2.24, 2.45) is 0 Å². The fraction of sp³-hybridized carbons (Fsp3) is 0.143. The summed E-state index contributed by atoms with van der Waals surface area (Å²) in [6.45, 7) is 2.26. The van der Waals surface area contributed by atoms with Crippen LogP contribution in [0.5, 0.6) is 5.75 Å². The van der Waals surface area contributed by atoms with Gasteiger partial charge in [0.25, 0.3) is 0 Å². The number of hydrogen-bond donors (Lipinski definition) is 2. The number of hydrogen-bond acceptors (Lipinski definition) is 3. The van der Waals surface area contributed by atoms with Crippen molar-refractivity contribution in [1.29, 1.82) is 0 Å². The fourth-order valence-electron chi connectivity index (χ4n) is 1.72. The summed E-state index contributed by atoms with van der Waals surface area (Å²) in [6.07, 6.45) is 0. The molecule has 6 heteroatoms. The number of halogens is 3. The number of rotatable bonds is 4. The third-order valence-corrected chi connectivity index (χ3v) is 2.53. The quantitative estimate of drug-likeness (QED) is 0.662. The van der Waals surface area contributed by atoms with Gasteiger partial charge >= 0.3 is 0 Å². The Bertz CT molecular complexity index is 632. The van der Waals surface area contributed by atoms with E-state index in [1.165, 1.54) is 6.07 Å². The van der Waals surface area contributed by atoms with Gasteiger partial charge in [-0.15, -0.1) is 0 Å². The average Bonchev–Trinajstić information content (AvgIpc) is 2.35. The van der Waals surface area contributed by atoms with Crippen molar-refractivity contribution in [3.63, 3.8) is 0 Å². The zero-order valence-electron chi connectivity index (χ0n) is 10.7. The molecule has 3 nitrogen and oxygen atoms in total. The maximum atomic E-state index is 13.5. The summed E-state index contributed by atoms with van der Waals surface area (Å²) in [6, 6.07) is 5.95. The number of ether oxygens (including phenoxy) is 1. The summed E-state index contributed by atoms with van der Waals surface area (Å²) >= 11 is 0. The standard InChI is InChI=1S/C14H13F3N2O/c1-2-20-10-4-8(18)3-9(5-10)19-14-7-12(16)11(15)6-13(14)17/h3-7,19H,2,18H2,1H3. The molecule has 2 aromatic rings. The van der Waals surface area contributed by atoms with Gasteiger partial charge in [0.1, 0.15) is 11.6 Å². The highest BCUT2D eigenvalue weighted by molar-refractivity contribution is 5.66. The van der Waals surface area contributed by atoms with E-state index >= 15 is 0 Å². The highest BCUT2D eigenvalue weighted by atomic mass is 19.2. The maximum absolute atomic E-state index is 13.5. The van der Waals surface area contributed by atoms with Gasteiger partial charge < -0.3 is 15.8 Å². The molecule has 0 aromatic heterocycles. The van der Waals surface area contributed by atoms with Gasteiger partial charge in [0, 0.05) is 35.6 Å². The normalized spacial score (nSPS) is 10.4. The van der Waals surface area contributed by atoms with Crippen molar-refractivity contribution in [1.82, 2.24) is 0 Å². The molecular weight excluding hydrogens is 269 g/mol. The SMILES string of the molecule is CCOc1cc(N)cc(Nc2cc(F)c(F)cc2F)c1. The smallest absolute Gasteiger partial charge is 0.161 e. The molecule has 0 bridgehead atoms. The van der Waals surface area contributed by atoms with Crippen LogP contribution in [0.4, 0.5) is 30.2 Å². The molecule has 0 aliphatic rings. The molecule has 2 aromatic carbocycles. The summed E-state index contributed by atoms with van der Waals surface area (Å²) in [5, 5.41) is 2.64. The maximum Gasteiger partial charge on any atom is 0.161 e. The molecule has 0 saturated heterocycles. The van der Waals surface area contributed by atoms with Gasteiger partial charge in [-0.1, -0.05) is 0 Å². The average molecular weight is 282 g/mol. The van der Waals surface area contributed by atoms with E-state index < -0.39 is 17.5 Å². The van der Waals surface area contributed by atoms with Gasteiger partial charge in [-0.05, 0) is 13.0 Å². The second kappa shape index (κ2) is 5.73. The lowest BCUT2D eigenvalue weighted by Crippen LogP contribution is -1.99. The molecular formula is C14H13F3N2O. The molecule has 0 aliphatic heterocycles. The Kier molecular flexibility index (Phi) is 4.02. The van der Waals surface area contributed by atoms with Crippen molar-refractivity contribution in [2.45, 2.75) is 6.92 Å². The molecule has 0 unspecified atom stereocenters. The van der Waals surface area contributed by atoms with E-state index in [1.54, 1.807) is 12.1 Å². The van der Waals surface area contributed by atoms with Crippen molar-refractivity contribution >= 4 is 17.1 Å². The Labute approximate surface area is 114 Å². The summed E-state index contributed by atoms with van der Waals surface area (Å²) in [5.74, 6) is -2.78. The monoisotopic (exact) mass is 282 g/mol. The van der Waals surface area contributed by atoms with E-state index in [0.717, 1.165) is 6.07 Å². The van der Waals surface area contributed by atoms with Crippen LogP contribution in [0.1, 0.15) is 6.92 Å². The Balaban J connectivity index is 2.32. The van der Waals surface area contributed by atoms with Gasteiger partial charge in [0.05, 0.1) is 12.3 Å². The second-order valence-corrected chi connectivity index (χ2v) is 4.09. The Hall–Kier alpha value is -2.37. The van der Waals surface area contributed by atoms with Crippen molar-refractivity contribution in [3.05, 3.63) is 47.8 Å². The molecule has 0 amide bonds. The van der Waals surface area contributed by atoms with Crippen LogP contribution in [0.25, 0.3) is 0 Å². The van der Waals surface area contributed by atoms with E-state index in [4.69, 9.17) is 10.5 Å². The second-order valence-electron chi connectivity index (χ2n) is 4.09. The van der Waals surface area contributed by atoms with Crippen LogP contribution in [0.3, 0.4) is 0 Å². The van der Waals surface area contributed by atoms with Gasteiger partial charge in [0.15, 0.2) is 11.6 Å². The van der Waals surface area contributed by atoms with Gasteiger partial charge in [-0.3, -0.25) is 0 Å². The van der Waals surface area contributed by atoms with Crippen molar-refractivity contribution in [3.8, 4) is 5.75 Å². The summed E-state index contributed by atoms with van der Waals surface area (Å²) in [4.78, 5) is 0. The van der Waals surface area contributed by atoms with Crippen molar-refractivity contribution in [2.75, 3.05) is 17.7 Å². The van der Waals surface area contributed by atoms with Crippen LogP contribution in [0.2, 0.25) is 0 Å². The van der Waals surface area contributed by atoms with Crippen molar-refractivity contribution < 1.29 is 17.9 Å². The molecule has 20 heavy (non-hydrogen) atoms. The van der Waals surface area contributed by atoms with Crippen LogP contribution >= 0.6 is 0 Å². The van der Waals surface area contributed by atoms with Gasteiger partial charge in [-0.2, -0.15) is 0 Å². The van der Waals surface area contributed by atoms with Crippen LogP contribution in [0, 0.1) is 17.5 Å². The minimum Gasteiger partial charge on any atom is -0.494 e. The molecule has 0 spiro atoms. The predicted molar refractivity (Wildman–Crippen MR) is 71.6 cm³/mol. The number of anilines is 3. The third kappa shape index (κ3) is 3.14. The number of benzene rings is 2. The molecule has 0 fully saturated rings. The molecule has 0 aliphatic carbocycles. The molecule has 0 radical (unpaired) electrons. The minimum atomic E-state index is -1.24. The number of nitrogens with two attached hydrogens (primary N) is 1. The topological polar surface area (TPSA) is 47.3 Å². The first kappa shape index (κ1) is 14.0. The first-order valence-electron chi connectivity index (χ1n) is 5.94. The Morgan fingerprint density at radius 1 is 1.00 bits per heavy atom. The zero-order chi connectivity index (χ0) is 14.7. The summed E-state index contributed by atoms with van der Waals surface area (Å²) < 4.78 is 44.8. The fourth-order valence-corrected chi connectivity index (χ4v) is 1.72. The lowest BCUT2D eigenvalue weighted by molar-refractivity contribution is 0.340. The van der Waals surface area contributed by atoms with Gasteiger partial charge in [-0.25, -0.2) is 13.2 Å². The molecule has 0 atom stereocenters. The molecule has 106 valence electrons. The third-order valence-electron chi connectivity index (χ3n) is 2.53. The van der Waals surface area contributed by atoms with Crippen LogP contribution in [0.15, 0.2) is 30.3 Å². The highest BCUT2D eigenvalue weighted by Gasteiger charge is 2.10. The highest BCUT2D eigenvalue weighted by Crippen LogP contribution is 2.27. The van der Waals surface area contributed by atoms with Crippen LogP contribution < -0.4 is 15.8 Å². The lowest BCUT2D eigenvalue weighted by Gasteiger charge is -2.11. The summed E-state index contributed by atoms with van der Waals surface area (Å²) in [5.41, 5.74) is 6.32. The van der Waals surface area contributed by atoms with E-state index in [2.05, 4.69) is 5.32 Å².